The van der Waals surface area contributed by atoms with Gasteiger partial charge in [0.2, 0.25) is 11.9 Å². The summed E-state index contributed by atoms with van der Waals surface area (Å²) in [5, 5.41) is 14.4. The molecule has 5 aromatic rings. The lowest BCUT2D eigenvalue weighted by Gasteiger charge is -2.04. The molecule has 1 amide bonds. The molecule has 5 rings (SSSR count). The number of aryl methyl sites for hydroxylation is 1. The maximum Gasteiger partial charge on any atom is 0.248 e. The number of hydrogen-bond donors (Lipinski definition) is 1. The number of halogens is 1. The highest BCUT2D eigenvalue weighted by molar-refractivity contribution is 7.13. The number of carbonyl (C=O) groups excluding carboxylic acids is 1. The van der Waals surface area contributed by atoms with E-state index in [1.807, 2.05) is 24.4 Å². The van der Waals surface area contributed by atoms with E-state index >= 15 is 0 Å². The fraction of sp³-hybridized carbons (Fsp3) is 0.136. The summed E-state index contributed by atoms with van der Waals surface area (Å²) in [5.74, 6) is -0.457. The van der Waals surface area contributed by atoms with Crippen LogP contribution in [0.2, 0.25) is 0 Å². The van der Waals surface area contributed by atoms with Gasteiger partial charge in [-0.1, -0.05) is 18.2 Å². The fourth-order valence-corrected chi connectivity index (χ4v) is 4.34. The third kappa shape index (κ3) is 4.00. The Labute approximate surface area is 186 Å². The van der Waals surface area contributed by atoms with Crippen molar-refractivity contribution in [3.05, 3.63) is 77.4 Å². The summed E-state index contributed by atoms with van der Waals surface area (Å²) in [6, 6.07) is 12.3. The van der Waals surface area contributed by atoms with Crippen LogP contribution in [0.1, 0.15) is 11.3 Å². The zero-order valence-electron chi connectivity index (χ0n) is 17.1. The number of carbonyl (C=O) groups is 1. The van der Waals surface area contributed by atoms with Crippen molar-refractivity contribution in [1.29, 1.82) is 0 Å². The van der Waals surface area contributed by atoms with Gasteiger partial charge in [-0.3, -0.25) is 10.1 Å². The molecule has 1 N–H and O–H groups in total. The van der Waals surface area contributed by atoms with Gasteiger partial charge in [0.15, 0.2) is 5.65 Å². The van der Waals surface area contributed by atoms with Crippen molar-refractivity contribution in [2.45, 2.75) is 20.0 Å². The first kappa shape index (κ1) is 20.0. The minimum absolute atomic E-state index is 0.0241. The van der Waals surface area contributed by atoms with Crippen molar-refractivity contribution in [3.63, 3.8) is 0 Å². The molecule has 0 fully saturated rings. The Morgan fingerprint density at radius 3 is 2.88 bits per heavy atom. The zero-order valence-corrected chi connectivity index (χ0v) is 17.9. The molecule has 0 radical (unpaired) electrons. The summed E-state index contributed by atoms with van der Waals surface area (Å²) in [6.45, 7) is 2.23. The maximum atomic E-state index is 13.4. The van der Waals surface area contributed by atoms with Gasteiger partial charge in [-0.05, 0) is 42.1 Å². The predicted octanol–water partition coefficient (Wildman–Crippen LogP) is 3.89. The van der Waals surface area contributed by atoms with Crippen LogP contribution in [0, 0.1) is 12.7 Å². The Kier molecular flexibility index (Phi) is 5.20. The third-order valence-electron chi connectivity index (χ3n) is 4.91. The monoisotopic (exact) mass is 447 g/mol. The van der Waals surface area contributed by atoms with Crippen LogP contribution < -0.4 is 5.32 Å². The smallest absolute Gasteiger partial charge is 0.248 e. The summed E-state index contributed by atoms with van der Waals surface area (Å²) < 4.78 is 16.5. The van der Waals surface area contributed by atoms with Crippen molar-refractivity contribution < 1.29 is 9.18 Å². The summed E-state index contributed by atoms with van der Waals surface area (Å²) in [6.07, 6.45) is 3.21. The summed E-state index contributed by atoms with van der Waals surface area (Å²) in [4.78, 5) is 22.3. The van der Waals surface area contributed by atoms with Gasteiger partial charge in [0.25, 0.3) is 0 Å². The highest BCUT2D eigenvalue weighted by Crippen LogP contribution is 2.32. The number of benzene rings is 1. The fourth-order valence-electron chi connectivity index (χ4n) is 3.58. The number of hydrogen-bond acceptors (Lipinski definition) is 6. The van der Waals surface area contributed by atoms with Crippen LogP contribution in [0.3, 0.4) is 0 Å². The quantitative estimate of drug-likeness (QED) is 0.427. The van der Waals surface area contributed by atoms with E-state index < -0.39 is 0 Å². The van der Waals surface area contributed by atoms with Crippen LogP contribution in [-0.4, -0.2) is 35.4 Å². The minimum Gasteiger partial charge on any atom is -0.292 e. The molecule has 4 aromatic heterocycles. The van der Waals surface area contributed by atoms with E-state index in [1.54, 1.807) is 34.3 Å². The molecule has 0 spiro atoms. The molecular weight excluding hydrogens is 429 g/mol. The van der Waals surface area contributed by atoms with Gasteiger partial charge in [0, 0.05) is 16.6 Å². The Bertz CT molecular complexity index is 1410. The highest BCUT2D eigenvalue weighted by atomic mass is 32.1. The SMILES string of the molecule is Cc1nn(CC(=O)Nc2ncn(Cc3cccc(F)c3)n2)c2nccc(-c3cccs3)c12. The van der Waals surface area contributed by atoms with Crippen LogP contribution in [-0.2, 0) is 17.9 Å². The molecule has 0 bridgehead atoms. The topological polar surface area (TPSA) is 90.5 Å². The highest BCUT2D eigenvalue weighted by Gasteiger charge is 2.17. The Balaban J connectivity index is 1.32. The zero-order chi connectivity index (χ0) is 22.1. The minimum atomic E-state index is -0.318. The number of amides is 1. The van der Waals surface area contributed by atoms with Crippen LogP contribution in [0.5, 0.6) is 0 Å². The first-order chi connectivity index (χ1) is 15.6. The van der Waals surface area contributed by atoms with Crippen molar-refractivity contribution in [3.8, 4) is 10.4 Å². The Morgan fingerprint density at radius 1 is 1.16 bits per heavy atom. The van der Waals surface area contributed by atoms with Gasteiger partial charge in [-0.2, -0.15) is 5.10 Å². The first-order valence-corrected chi connectivity index (χ1v) is 10.7. The molecule has 10 heteroatoms. The summed E-state index contributed by atoms with van der Waals surface area (Å²) >= 11 is 1.64. The second-order valence-corrected chi connectivity index (χ2v) is 8.17. The average Bonchev–Trinajstić information content (AvgIpc) is 3.50. The third-order valence-corrected chi connectivity index (χ3v) is 5.81. The standard InChI is InChI=1S/C22H18FN7OS/c1-14-20-17(18-6-3-9-32-18)7-8-24-21(20)30(27-14)12-19(31)26-22-25-13-29(28-22)11-15-4-2-5-16(23)10-15/h2-10,13H,11-12H2,1H3,(H,26,28,31). The number of anilines is 1. The molecule has 32 heavy (non-hydrogen) atoms. The lowest BCUT2D eigenvalue weighted by molar-refractivity contribution is -0.116. The molecule has 0 aliphatic carbocycles. The molecule has 1 aromatic carbocycles. The van der Waals surface area contributed by atoms with E-state index in [0.717, 1.165) is 27.1 Å². The van der Waals surface area contributed by atoms with E-state index in [-0.39, 0.29) is 24.2 Å². The molecule has 160 valence electrons. The van der Waals surface area contributed by atoms with Gasteiger partial charge < -0.3 is 0 Å². The number of pyridine rings is 1. The average molecular weight is 447 g/mol. The second-order valence-electron chi connectivity index (χ2n) is 7.22. The predicted molar refractivity (Wildman–Crippen MR) is 120 cm³/mol. The van der Waals surface area contributed by atoms with Gasteiger partial charge >= 0.3 is 0 Å². The van der Waals surface area contributed by atoms with Gasteiger partial charge in [0.1, 0.15) is 18.7 Å². The molecule has 0 saturated carbocycles. The molecule has 0 saturated heterocycles. The van der Waals surface area contributed by atoms with Crippen LogP contribution in [0.15, 0.2) is 60.4 Å². The van der Waals surface area contributed by atoms with Gasteiger partial charge in [-0.15, -0.1) is 16.4 Å². The first-order valence-electron chi connectivity index (χ1n) is 9.86. The van der Waals surface area contributed by atoms with Gasteiger partial charge in [0.05, 0.1) is 17.6 Å². The van der Waals surface area contributed by atoms with Crippen LogP contribution in [0.25, 0.3) is 21.5 Å². The Morgan fingerprint density at radius 2 is 2.06 bits per heavy atom. The molecule has 0 unspecified atom stereocenters. The van der Waals surface area contributed by atoms with Crippen molar-refractivity contribution in [1.82, 2.24) is 29.5 Å². The van der Waals surface area contributed by atoms with E-state index in [1.165, 1.54) is 23.1 Å². The van der Waals surface area contributed by atoms with Crippen LogP contribution >= 0.6 is 11.3 Å². The van der Waals surface area contributed by atoms with E-state index in [2.05, 4.69) is 31.5 Å². The van der Waals surface area contributed by atoms with Gasteiger partial charge in [-0.25, -0.2) is 23.7 Å². The van der Waals surface area contributed by atoms with Crippen molar-refractivity contribution >= 4 is 34.2 Å². The van der Waals surface area contributed by atoms with E-state index in [4.69, 9.17) is 0 Å². The number of fused-ring (bicyclic) bond motifs is 1. The second kappa shape index (κ2) is 8.31. The number of nitrogens with one attached hydrogen (secondary N) is 1. The maximum absolute atomic E-state index is 13.4. The molecule has 4 heterocycles. The molecule has 8 nitrogen and oxygen atoms in total. The van der Waals surface area contributed by atoms with Crippen molar-refractivity contribution in [2.75, 3.05) is 5.32 Å². The lowest BCUT2D eigenvalue weighted by atomic mass is 10.1. The van der Waals surface area contributed by atoms with E-state index in [0.29, 0.717) is 12.2 Å². The molecule has 0 aliphatic heterocycles. The number of nitrogens with zero attached hydrogens (tertiary/aromatic N) is 6. The lowest BCUT2D eigenvalue weighted by Crippen LogP contribution is -2.20. The van der Waals surface area contributed by atoms with E-state index in [9.17, 15) is 9.18 Å². The summed E-state index contributed by atoms with van der Waals surface area (Å²) in [5.41, 5.74) is 3.25. The number of aromatic nitrogens is 6. The molecular formula is C22H18FN7OS. The number of rotatable bonds is 6. The number of thiophene rings is 1. The van der Waals surface area contributed by atoms with Crippen LogP contribution in [0.4, 0.5) is 10.3 Å². The van der Waals surface area contributed by atoms with Crippen molar-refractivity contribution in [2.24, 2.45) is 0 Å². The normalized spacial score (nSPS) is 11.2. The Hall–Kier alpha value is -3.92. The molecule has 0 atom stereocenters. The summed E-state index contributed by atoms with van der Waals surface area (Å²) in [7, 11) is 0. The largest absolute Gasteiger partial charge is 0.292 e. The molecule has 0 aliphatic rings.